The van der Waals surface area contributed by atoms with Crippen LogP contribution < -0.4 is 18.9 Å². The molecule has 2 aromatic carbocycles. The summed E-state index contributed by atoms with van der Waals surface area (Å²) >= 11 is 0. The summed E-state index contributed by atoms with van der Waals surface area (Å²) in [6.45, 7) is 0.459. The average molecular weight is 562 g/mol. The molecule has 0 spiro atoms. The third-order valence-electron chi connectivity index (χ3n) is 6.29. The Morgan fingerprint density at radius 3 is 2.45 bits per heavy atom. The maximum atomic E-state index is 13.4. The highest BCUT2D eigenvalue weighted by molar-refractivity contribution is 7.92. The van der Waals surface area contributed by atoms with Crippen LogP contribution in [0.1, 0.15) is 28.7 Å². The first-order chi connectivity index (χ1) is 18.1. The summed E-state index contributed by atoms with van der Waals surface area (Å²) in [7, 11) is -4.46. The number of hydrogen-bond acceptors (Lipinski definition) is 9. The molecule has 202 valence electrons. The molecule has 0 atom stereocenters. The molecule has 2 heterocycles. The van der Waals surface area contributed by atoms with Crippen molar-refractivity contribution < 1.29 is 30.8 Å². The predicted octanol–water partition coefficient (Wildman–Crippen LogP) is 2.43. The van der Waals surface area contributed by atoms with Gasteiger partial charge in [0, 0.05) is 18.3 Å². The summed E-state index contributed by atoms with van der Waals surface area (Å²) in [5.74, 6) is 0.633. The van der Waals surface area contributed by atoms with Crippen molar-refractivity contribution in [3.63, 3.8) is 0 Å². The Balaban J connectivity index is 1.42. The summed E-state index contributed by atoms with van der Waals surface area (Å²) in [6.07, 6.45) is 7.07. The number of aromatic nitrogens is 3. The predicted molar refractivity (Wildman–Crippen MR) is 139 cm³/mol. The van der Waals surface area contributed by atoms with Crippen molar-refractivity contribution in [2.24, 2.45) is 0 Å². The largest absolute Gasteiger partial charge is 0.496 e. The molecule has 0 saturated heterocycles. The van der Waals surface area contributed by atoms with Crippen LogP contribution in [0.3, 0.4) is 0 Å². The molecule has 1 aliphatic rings. The Morgan fingerprint density at radius 1 is 1.00 bits per heavy atom. The monoisotopic (exact) mass is 561 g/mol. The van der Waals surface area contributed by atoms with Crippen molar-refractivity contribution in [2.75, 3.05) is 25.2 Å². The molecule has 0 aliphatic heterocycles. The SMILES string of the molecule is COc1cc2c(cc1S(=O)(=O)Nc1noc3cc(Cn4cc(CNS(C)(=O)=O)cn4)cc(OC)c13)CCC2. The maximum absolute atomic E-state index is 13.4. The fourth-order valence-corrected chi connectivity index (χ4v) is 6.17. The molecule has 1 aliphatic carbocycles. The Morgan fingerprint density at radius 2 is 1.74 bits per heavy atom. The zero-order chi connectivity index (χ0) is 27.1. The van der Waals surface area contributed by atoms with E-state index in [-0.39, 0.29) is 23.0 Å². The van der Waals surface area contributed by atoms with E-state index in [0.717, 1.165) is 42.2 Å². The van der Waals surface area contributed by atoms with Gasteiger partial charge in [0.2, 0.25) is 10.0 Å². The van der Waals surface area contributed by atoms with Gasteiger partial charge < -0.3 is 14.0 Å². The molecule has 0 radical (unpaired) electrons. The van der Waals surface area contributed by atoms with Crippen molar-refractivity contribution in [2.45, 2.75) is 37.2 Å². The molecule has 0 fully saturated rings. The van der Waals surface area contributed by atoms with Crippen LogP contribution in [0.4, 0.5) is 5.82 Å². The van der Waals surface area contributed by atoms with Crippen LogP contribution in [-0.2, 0) is 46.0 Å². The number of methoxy groups -OCH3 is 2. The average Bonchev–Trinajstić information content (AvgIpc) is 3.61. The summed E-state index contributed by atoms with van der Waals surface area (Å²) in [4.78, 5) is 0.0345. The second-order valence-electron chi connectivity index (χ2n) is 9.07. The van der Waals surface area contributed by atoms with E-state index in [1.807, 2.05) is 0 Å². The fraction of sp³-hybridized carbons (Fsp3) is 0.333. The lowest BCUT2D eigenvalue weighted by atomic mass is 10.1. The van der Waals surface area contributed by atoms with Gasteiger partial charge in [-0.3, -0.25) is 9.40 Å². The van der Waals surface area contributed by atoms with Crippen LogP contribution in [0.2, 0.25) is 0 Å². The molecule has 5 rings (SSSR count). The number of ether oxygens (including phenoxy) is 2. The molecule has 2 aromatic heterocycles. The standard InChI is InChI=1S/C24H27N5O7S2/c1-34-19-9-17-5-4-6-18(17)10-22(19)38(32,33)28-24-23-20(35-2)7-15(8-21(23)36-27-24)13-29-14-16(11-25-29)12-26-37(3,30)31/h7-11,14,26H,4-6,12-13H2,1-3H3,(H,27,28). The summed E-state index contributed by atoms with van der Waals surface area (Å²) in [5, 5.41) is 8.61. The van der Waals surface area contributed by atoms with E-state index in [1.54, 1.807) is 41.3 Å². The number of fused-ring (bicyclic) bond motifs is 2. The minimum absolute atomic E-state index is 0.000763. The van der Waals surface area contributed by atoms with Crippen LogP contribution in [-0.4, -0.2) is 52.2 Å². The van der Waals surface area contributed by atoms with Crippen LogP contribution in [0.25, 0.3) is 11.0 Å². The smallest absolute Gasteiger partial charge is 0.266 e. The summed E-state index contributed by atoms with van der Waals surface area (Å²) < 4.78 is 72.4. The quantitative estimate of drug-likeness (QED) is 0.297. The number of anilines is 1. The molecule has 0 amide bonds. The normalized spacial score (nSPS) is 13.6. The highest BCUT2D eigenvalue weighted by Crippen LogP contribution is 2.37. The van der Waals surface area contributed by atoms with Gasteiger partial charge in [-0.15, -0.1) is 0 Å². The zero-order valence-corrected chi connectivity index (χ0v) is 22.6. The molecule has 4 aromatic rings. The fourth-order valence-electron chi connectivity index (χ4n) is 4.53. The third-order valence-corrected chi connectivity index (χ3v) is 8.32. The third kappa shape index (κ3) is 5.33. The van der Waals surface area contributed by atoms with E-state index in [0.29, 0.717) is 28.8 Å². The van der Waals surface area contributed by atoms with Gasteiger partial charge in [0.15, 0.2) is 11.4 Å². The van der Waals surface area contributed by atoms with Crippen molar-refractivity contribution in [1.29, 1.82) is 0 Å². The van der Waals surface area contributed by atoms with E-state index in [1.165, 1.54) is 14.2 Å². The van der Waals surface area contributed by atoms with Gasteiger partial charge in [-0.1, -0.05) is 5.16 Å². The molecular weight excluding hydrogens is 534 g/mol. The number of nitrogens with zero attached hydrogens (tertiary/aromatic N) is 3. The number of rotatable bonds is 10. The molecule has 14 heteroatoms. The summed E-state index contributed by atoms with van der Waals surface area (Å²) in [6, 6.07) is 6.89. The van der Waals surface area contributed by atoms with Gasteiger partial charge in [0.05, 0.1) is 33.2 Å². The minimum atomic E-state index is -4.05. The van der Waals surface area contributed by atoms with Gasteiger partial charge in [-0.2, -0.15) is 5.10 Å². The van der Waals surface area contributed by atoms with Gasteiger partial charge >= 0.3 is 0 Å². The van der Waals surface area contributed by atoms with Crippen LogP contribution in [0, 0.1) is 0 Å². The second kappa shape index (κ2) is 9.93. The van der Waals surface area contributed by atoms with Crippen molar-refractivity contribution >= 4 is 36.8 Å². The Labute approximate surface area is 220 Å². The second-order valence-corrected chi connectivity index (χ2v) is 12.6. The van der Waals surface area contributed by atoms with Gasteiger partial charge in [-0.05, 0) is 60.2 Å². The number of aryl methyl sites for hydroxylation is 2. The van der Waals surface area contributed by atoms with Crippen LogP contribution in [0.5, 0.6) is 11.5 Å². The summed E-state index contributed by atoms with van der Waals surface area (Å²) in [5.41, 5.74) is 3.86. The first-order valence-corrected chi connectivity index (χ1v) is 15.1. The van der Waals surface area contributed by atoms with Crippen molar-refractivity contribution in [1.82, 2.24) is 19.7 Å². The van der Waals surface area contributed by atoms with Gasteiger partial charge in [-0.25, -0.2) is 21.6 Å². The van der Waals surface area contributed by atoms with Crippen LogP contribution in [0.15, 0.2) is 46.1 Å². The van der Waals surface area contributed by atoms with Crippen LogP contribution >= 0.6 is 0 Å². The first-order valence-electron chi connectivity index (χ1n) is 11.7. The molecule has 12 nitrogen and oxygen atoms in total. The van der Waals surface area contributed by atoms with Gasteiger partial charge in [0.1, 0.15) is 21.8 Å². The molecule has 0 bridgehead atoms. The lowest BCUT2D eigenvalue weighted by molar-refractivity contribution is 0.402. The molecule has 38 heavy (non-hydrogen) atoms. The number of sulfonamides is 2. The zero-order valence-electron chi connectivity index (χ0n) is 21.0. The first kappa shape index (κ1) is 26.0. The maximum Gasteiger partial charge on any atom is 0.266 e. The van der Waals surface area contributed by atoms with E-state index >= 15 is 0 Å². The Bertz CT molecular complexity index is 1730. The number of hydrogen-bond donors (Lipinski definition) is 2. The lowest BCUT2D eigenvalue weighted by Gasteiger charge is -2.13. The minimum Gasteiger partial charge on any atom is -0.496 e. The highest BCUT2D eigenvalue weighted by Gasteiger charge is 2.27. The molecule has 0 saturated carbocycles. The molecule has 0 unspecified atom stereocenters. The van der Waals surface area contributed by atoms with E-state index in [2.05, 4.69) is 19.7 Å². The van der Waals surface area contributed by atoms with E-state index in [4.69, 9.17) is 14.0 Å². The van der Waals surface area contributed by atoms with Crippen molar-refractivity contribution in [3.8, 4) is 11.5 Å². The molecular formula is C24H27N5O7S2. The number of benzene rings is 2. The number of nitrogens with one attached hydrogen (secondary N) is 2. The lowest BCUT2D eigenvalue weighted by Crippen LogP contribution is -2.20. The van der Waals surface area contributed by atoms with E-state index < -0.39 is 20.0 Å². The Kier molecular flexibility index (Phi) is 6.79. The Hall–Kier alpha value is -3.62. The molecule has 2 N–H and O–H groups in total. The van der Waals surface area contributed by atoms with E-state index in [9.17, 15) is 16.8 Å². The topological polar surface area (TPSA) is 155 Å². The highest BCUT2D eigenvalue weighted by atomic mass is 32.2. The van der Waals surface area contributed by atoms with Gasteiger partial charge in [0.25, 0.3) is 10.0 Å². The van der Waals surface area contributed by atoms with Crippen molar-refractivity contribution in [3.05, 3.63) is 58.9 Å².